The van der Waals surface area contributed by atoms with Crippen molar-refractivity contribution in [1.29, 1.82) is 0 Å². The lowest BCUT2D eigenvalue weighted by molar-refractivity contribution is 1.17. The van der Waals surface area contributed by atoms with Gasteiger partial charge in [0.2, 0.25) is 0 Å². The van der Waals surface area contributed by atoms with Crippen molar-refractivity contribution in [2.75, 3.05) is 0 Å². The van der Waals surface area contributed by atoms with Gasteiger partial charge in [0.1, 0.15) is 5.65 Å². The summed E-state index contributed by atoms with van der Waals surface area (Å²) in [4.78, 5) is 9.01. The first kappa shape index (κ1) is 14.0. The summed E-state index contributed by atoms with van der Waals surface area (Å²) in [5, 5.41) is 1.64. The van der Waals surface area contributed by atoms with E-state index < -0.39 is 0 Å². The topological polar surface area (TPSA) is 30.2 Å². The minimum absolute atomic E-state index is 0.490. The van der Waals surface area contributed by atoms with E-state index in [1.807, 2.05) is 53.1 Å². The number of benzene rings is 1. The zero-order chi connectivity index (χ0) is 15.8. The number of nitrogens with zero attached hydrogens (tertiary/aromatic N) is 3. The molecule has 3 aromatic heterocycles. The molecule has 1 aromatic carbocycles. The molecule has 3 nitrogen and oxygen atoms in total. The number of rotatable bonds is 2. The Labute approximate surface area is 138 Å². The van der Waals surface area contributed by atoms with Crippen LogP contribution in [0.4, 0.5) is 0 Å². The summed E-state index contributed by atoms with van der Waals surface area (Å²) in [6, 6.07) is 16.2. The van der Waals surface area contributed by atoms with Gasteiger partial charge >= 0.3 is 0 Å². The molecule has 0 fully saturated rings. The lowest BCUT2D eigenvalue weighted by Crippen LogP contribution is -1.87. The average molecular weight is 320 g/mol. The molecule has 0 saturated carbocycles. The van der Waals surface area contributed by atoms with Gasteiger partial charge in [0.15, 0.2) is 5.15 Å². The van der Waals surface area contributed by atoms with E-state index in [1.54, 1.807) is 0 Å². The van der Waals surface area contributed by atoms with Crippen molar-refractivity contribution in [3.8, 4) is 0 Å². The van der Waals surface area contributed by atoms with Crippen LogP contribution in [-0.2, 0) is 0 Å². The van der Waals surface area contributed by atoms with Gasteiger partial charge in [0.25, 0.3) is 0 Å². The van der Waals surface area contributed by atoms with Gasteiger partial charge in [-0.25, -0.2) is 9.97 Å². The Morgan fingerprint density at radius 1 is 1.00 bits per heavy atom. The Balaban J connectivity index is 1.75. The fraction of sp³-hybridized carbons (Fsp3) is 0.0526. The van der Waals surface area contributed by atoms with Crippen LogP contribution in [0.25, 0.3) is 28.7 Å². The Morgan fingerprint density at radius 2 is 1.91 bits per heavy atom. The second-order valence-corrected chi connectivity index (χ2v) is 5.84. The molecule has 4 aromatic rings. The predicted molar refractivity (Wildman–Crippen MR) is 95.6 cm³/mol. The molecular weight excluding hydrogens is 306 g/mol. The molecule has 3 heterocycles. The molecule has 0 atom stereocenters. The van der Waals surface area contributed by atoms with E-state index in [0.717, 1.165) is 27.9 Å². The van der Waals surface area contributed by atoms with Gasteiger partial charge in [-0.05, 0) is 49.4 Å². The summed E-state index contributed by atoms with van der Waals surface area (Å²) in [7, 11) is 0. The van der Waals surface area contributed by atoms with Crippen molar-refractivity contribution < 1.29 is 0 Å². The maximum Gasteiger partial charge on any atom is 0.155 e. The highest BCUT2D eigenvalue weighted by atomic mass is 35.5. The predicted octanol–water partition coefficient (Wildman–Crippen LogP) is 5.01. The average Bonchev–Trinajstić information content (AvgIpc) is 2.88. The SMILES string of the molecule is Cc1ccc2nc(/C=C/c3c(Cl)nc4ccccn34)ccc2c1. The maximum atomic E-state index is 6.24. The standard InChI is InChI=1S/C19H14ClN3/c1-13-5-9-16-14(12-13)6-7-15(21-16)8-10-17-19(20)22-18-4-2-3-11-23(17)18/h2-12H,1H3/b10-8+. The van der Waals surface area contributed by atoms with E-state index in [-0.39, 0.29) is 0 Å². The van der Waals surface area contributed by atoms with Crippen LogP contribution in [0.3, 0.4) is 0 Å². The Morgan fingerprint density at radius 3 is 2.83 bits per heavy atom. The molecule has 0 N–H and O–H groups in total. The van der Waals surface area contributed by atoms with Crippen LogP contribution < -0.4 is 0 Å². The summed E-state index contributed by atoms with van der Waals surface area (Å²) < 4.78 is 1.96. The molecule has 23 heavy (non-hydrogen) atoms. The molecule has 0 unspecified atom stereocenters. The molecule has 0 spiro atoms. The molecular formula is C19H14ClN3. The molecule has 0 saturated heterocycles. The van der Waals surface area contributed by atoms with Crippen molar-refractivity contribution in [2.24, 2.45) is 0 Å². The number of hydrogen-bond acceptors (Lipinski definition) is 2. The molecule has 112 valence electrons. The quantitative estimate of drug-likeness (QED) is 0.519. The van der Waals surface area contributed by atoms with Gasteiger partial charge < -0.3 is 0 Å². The molecule has 0 amide bonds. The van der Waals surface area contributed by atoms with Gasteiger partial charge in [-0.2, -0.15) is 0 Å². The van der Waals surface area contributed by atoms with Crippen LogP contribution in [-0.4, -0.2) is 14.4 Å². The number of hydrogen-bond donors (Lipinski definition) is 0. The zero-order valence-electron chi connectivity index (χ0n) is 12.6. The molecule has 4 rings (SSSR count). The third-order valence-corrected chi connectivity index (χ3v) is 4.08. The van der Waals surface area contributed by atoms with Crippen molar-refractivity contribution in [3.63, 3.8) is 0 Å². The molecule has 0 aliphatic carbocycles. The minimum atomic E-state index is 0.490. The number of pyridine rings is 2. The zero-order valence-corrected chi connectivity index (χ0v) is 13.3. The van der Waals surface area contributed by atoms with Crippen LogP contribution in [0.1, 0.15) is 17.0 Å². The van der Waals surface area contributed by atoms with Crippen molar-refractivity contribution in [2.45, 2.75) is 6.92 Å². The van der Waals surface area contributed by atoms with E-state index >= 15 is 0 Å². The normalized spacial score (nSPS) is 11.7. The van der Waals surface area contributed by atoms with Crippen molar-refractivity contribution in [1.82, 2.24) is 14.4 Å². The van der Waals surface area contributed by atoms with Gasteiger partial charge in [0.05, 0.1) is 16.9 Å². The van der Waals surface area contributed by atoms with Crippen LogP contribution in [0.15, 0.2) is 54.7 Å². The Bertz CT molecular complexity index is 1050. The van der Waals surface area contributed by atoms with Crippen LogP contribution >= 0.6 is 11.6 Å². The summed E-state index contributed by atoms with van der Waals surface area (Å²) in [6.07, 6.45) is 5.86. The smallest absolute Gasteiger partial charge is 0.155 e. The van der Waals surface area contributed by atoms with E-state index in [9.17, 15) is 0 Å². The van der Waals surface area contributed by atoms with Gasteiger partial charge in [-0.15, -0.1) is 0 Å². The fourth-order valence-electron chi connectivity index (χ4n) is 2.65. The third-order valence-electron chi connectivity index (χ3n) is 3.80. The van der Waals surface area contributed by atoms with E-state index in [1.165, 1.54) is 5.56 Å². The van der Waals surface area contributed by atoms with E-state index in [4.69, 9.17) is 11.6 Å². The second kappa shape index (κ2) is 5.52. The molecule has 4 heteroatoms. The number of halogens is 1. The first-order valence-electron chi connectivity index (χ1n) is 7.39. The first-order chi connectivity index (χ1) is 11.2. The van der Waals surface area contributed by atoms with Crippen LogP contribution in [0.5, 0.6) is 0 Å². The Hall–Kier alpha value is -2.65. The summed E-state index contributed by atoms with van der Waals surface area (Å²) in [5.74, 6) is 0. The monoisotopic (exact) mass is 319 g/mol. The van der Waals surface area contributed by atoms with Gasteiger partial charge in [-0.1, -0.05) is 35.4 Å². The largest absolute Gasteiger partial charge is 0.299 e. The molecule has 0 aliphatic rings. The van der Waals surface area contributed by atoms with Crippen LogP contribution in [0, 0.1) is 6.92 Å². The summed E-state index contributed by atoms with van der Waals surface area (Å²) in [5.41, 5.74) is 4.80. The van der Waals surface area contributed by atoms with E-state index in [2.05, 4.69) is 35.1 Å². The minimum Gasteiger partial charge on any atom is -0.299 e. The molecule has 0 radical (unpaired) electrons. The van der Waals surface area contributed by atoms with Gasteiger partial charge in [0, 0.05) is 11.6 Å². The third kappa shape index (κ3) is 2.60. The number of aryl methyl sites for hydroxylation is 1. The Kier molecular flexibility index (Phi) is 3.36. The lowest BCUT2D eigenvalue weighted by atomic mass is 10.1. The highest BCUT2D eigenvalue weighted by molar-refractivity contribution is 6.31. The summed E-state index contributed by atoms with van der Waals surface area (Å²) in [6.45, 7) is 2.08. The highest BCUT2D eigenvalue weighted by Gasteiger charge is 2.06. The molecule has 0 aliphatic heterocycles. The number of fused-ring (bicyclic) bond motifs is 2. The van der Waals surface area contributed by atoms with E-state index in [0.29, 0.717) is 5.15 Å². The van der Waals surface area contributed by atoms with Crippen molar-refractivity contribution in [3.05, 3.63) is 76.8 Å². The lowest BCUT2D eigenvalue weighted by Gasteiger charge is -2.01. The number of imidazole rings is 1. The van der Waals surface area contributed by atoms with Crippen molar-refractivity contribution >= 4 is 40.3 Å². The second-order valence-electron chi connectivity index (χ2n) is 5.48. The highest BCUT2D eigenvalue weighted by Crippen LogP contribution is 2.21. The fourth-order valence-corrected chi connectivity index (χ4v) is 2.89. The maximum absolute atomic E-state index is 6.24. The number of aromatic nitrogens is 3. The molecule has 0 bridgehead atoms. The first-order valence-corrected chi connectivity index (χ1v) is 7.76. The van der Waals surface area contributed by atoms with Gasteiger partial charge in [-0.3, -0.25) is 4.40 Å². The van der Waals surface area contributed by atoms with Crippen LogP contribution in [0.2, 0.25) is 5.15 Å². The summed E-state index contributed by atoms with van der Waals surface area (Å²) >= 11 is 6.24.